The van der Waals surface area contributed by atoms with Gasteiger partial charge in [-0.15, -0.1) is 0 Å². The molecule has 0 amide bonds. The number of hydrogen-bond donors (Lipinski definition) is 2. The van der Waals surface area contributed by atoms with E-state index < -0.39 is 5.97 Å². The minimum atomic E-state index is -0.733. The third kappa shape index (κ3) is 4.92. The molecule has 0 radical (unpaired) electrons. The van der Waals surface area contributed by atoms with Crippen molar-refractivity contribution >= 4 is 5.97 Å². The molecule has 2 N–H and O–H groups in total. The van der Waals surface area contributed by atoms with E-state index in [1.165, 1.54) is 0 Å². The Hall–Kier alpha value is -0.650. The first kappa shape index (κ1) is 13.4. The van der Waals surface area contributed by atoms with Crippen LogP contribution in [0.15, 0.2) is 0 Å². The summed E-state index contributed by atoms with van der Waals surface area (Å²) in [7, 11) is 0. The lowest BCUT2D eigenvalue weighted by Crippen LogP contribution is -2.48. The SMILES string of the molecule is CC1CN(CCCCC(=O)O)CC(CO)O1. The van der Waals surface area contributed by atoms with E-state index in [-0.39, 0.29) is 25.2 Å². The zero-order valence-electron chi connectivity index (χ0n) is 9.76. The van der Waals surface area contributed by atoms with Gasteiger partial charge in [0, 0.05) is 19.5 Å². The lowest BCUT2D eigenvalue weighted by atomic mass is 10.2. The van der Waals surface area contributed by atoms with Crippen LogP contribution >= 0.6 is 0 Å². The molecule has 0 aromatic carbocycles. The Kier molecular flexibility index (Phi) is 5.73. The number of nitrogens with zero attached hydrogens (tertiary/aromatic N) is 1. The number of aliphatic hydroxyl groups is 1. The third-order valence-corrected chi connectivity index (χ3v) is 2.72. The molecule has 2 atom stereocenters. The standard InChI is InChI=1S/C11H21NO4/c1-9-6-12(7-10(8-13)16-9)5-3-2-4-11(14)15/h9-10,13H,2-8H2,1H3,(H,14,15). The molecule has 1 aliphatic heterocycles. The summed E-state index contributed by atoms with van der Waals surface area (Å²) in [5.74, 6) is -0.733. The molecule has 5 nitrogen and oxygen atoms in total. The predicted molar refractivity (Wildman–Crippen MR) is 59.3 cm³/mol. The molecule has 1 rings (SSSR count). The maximum atomic E-state index is 10.3. The first-order valence-electron chi connectivity index (χ1n) is 5.82. The maximum Gasteiger partial charge on any atom is 0.303 e. The van der Waals surface area contributed by atoms with Gasteiger partial charge in [0.25, 0.3) is 0 Å². The van der Waals surface area contributed by atoms with Gasteiger partial charge in [0.05, 0.1) is 18.8 Å². The molecule has 0 aliphatic carbocycles. The zero-order chi connectivity index (χ0) is 12.0. The second-order valence-electron chi connectivity index (χ2n) is 4.36. The molecule has 2 unspecified atom stereocenters. The molecule has 1 fully saturated rings. The van der Waals surface area contributed by atoms with Gasteiger partial charge in [-0.05, 0) is 26.3 Å². The molecule has 0 bridgehead atoms. The number of morpholine rings is 1. The van der Waals surface area contributed by atoms with Crippen LogP contribution < -0.4 is 0 Å². The lowest BCUT2D eigenvalue weighted by molar-refractivity contribution is -0.137. The average Bonchev–Trinajstić information content (AvgIpc) is 2.23. The molecule has 0 spiro atoms. The molecular formula is C11H21NO4. The maximum absolute atomic E-state index is 10.3. The highest BCUT2D eigenvalue weighted by Gasteiger charge is 2.23. The van der Waals surface area contributed by atoms with Crippen LogP contribution in [-0.4, -0.2) is 59.5 Å². The number of carboxylic acids is 1. The second-order valence-corrected chi connectivity index (χ2v) is 4.36. The number of unbranched alkanes of at least 4 members (excludes halogenated alkanes) is 1. The highest BCUT2D eigenvalue weighted by Crippen LogP contribution is 2.11. The monoisotopic (exact) mass is 231 g/mol. The molecule has 0 saturated carbocycles. The van der Waals surface area contributed by atoms with Gasteiger partial charge in [-0.3, -0.25) is 9.69 Å². The number of carbonyl (C=O) groups is 1. The first-order chi connectivity index (χ1) is 7.61. The summed E-state index contributed by atoms with van der Waals surface area (Å²) >= 11 is 0. The van der Waals surface area contributed by atoms with Gasteiger partial charge in [-0.1, -0.05) is 0 Å². The molecule has 1 aliphatic rings. The molecule has 16 heavy (non-hydrogen) atoms. The van der Waals surface area contributed by atoms with Crippen molar-refractivity contribution in [2.45, 2.75) is 38.4 Å². The molecule has 1 heterocycles. The quantitative estimate of drug-likeness (QED) is 0.644. The second kappa shape index (κ2) is 6.83. The van der Waals surface area contributed by atoms with E-state index in [4.69, 9.17) is 14.9 Å². The minimum Gasteiger partial charge on any atom is -0.481 e. The van der Waals surface area contributed by atoms with Crippen molar-refractivity contribution in [3.8, 4) is 0 Å². The Morgan fingerprint density at radius 2 is 2.19 bits per heavy atom. The summed E-state index contributed by atoms with van der Waals surface area (Å²) in [6.07, 6.45) is 1.89. The summed E-state index contributed by atoms with van der Waals surface area (Å²) < 4.78 is 5.52. The molecule has 5 heteroatoms. The van der Waals surface area contributed by atoms with E-state index in [0.717, 1.165) is 26.1 Å². The van der Waals surface area contributed by atoms with Gasteiger partial charge in [0.2, 0.25) is 0 Å². The van der Waals surface area contributed by atoms with E-state index in [1.807, 2.05) is 6.92 Å². The van der Waals surface area contributed by atoms with Crippen LogP contribution in [0, 0.1) is 0 Å². The molecule has 0 aromatic heterocycles. The van der Waals surface area contributed by atoms with E-state index in [9.17, 15) is 4.79 Å². The minimum absolute atomic E-state index is 0.0516. The smallest absolute Gasteiger partial charge is 0.303 e. The lowest BCUT2D eigenvalue weighted by Gasteiger charge is -2.36. The number of aliphatic hydroxyl groups excluding tert-OH is 1. The summed E-state index contributed by atoms with van der Waals surface area (Å²) in [6.45, 7) is 4.54. The van der Waals surface area contributed by atoms with Crippen molar-refractivity contribution in [1.29, 1.82) is 0 Å². The zero-order valence-corrected chi connectivity index (χ0v) is 9.76. The van der Waals surface area contributed by atoms with Gasteiger partial charge >= 0.3 is 5.97 Å². The van der Waals surface area contributed by atoms with Crippen LogP contribution in [0.25, 0.3) is 0 Å². The van der Waals surface area contributed by atoms with Crippen molar-refractivity contribution in [3.63, 3.8) is 0 Å². The van der Waals surface area contributed by atoms with E-state index in [0.29, 0.717) is 6.42 Å². The van der Waals surface area contributed by atoms with Crippen molar-refractivity contribution in [1.82, 2.24) is 4.90 Å². The van der Waals surface area contributed by atoms with Gasteiger partial charge in [-0.2, -0.15) is 0 Å². The molecular weight excluding hydrogens is 210 g/mol. The summed E-state index contributed by atoms with van der Waals surface area (Å²) in [5.41, 5.74) is 0. The fourth-order valence-electron chi connectivity index (χ4n) is 2.04. The van der Waals surface area contributed by atoms with Gasteiger partial charge < -0.3 is 14.9 Å². The van der Waals surface area contributed by atoms with Gasteiger partial charge in [0.1, 0.15) is 0 Å². The topological polar surface area (TPSA) is 70.0 Å². The predicted octanol–water partition coefficient (Wildman–Crippen LogP) is 0.323. The highest BCUT2D eigenvalue weighted by atomic mass is 16.5. The van der Waals surface area contributed by atoms with E-state index in [1.54, 1.807) is 0 Å². The van der Waals surface area contributed by atoms with Crippen molar-refractivity contribution < 1.29 is 19.7 Å². The van der Waals surface area contributed by atoms with Crippen molar-refractivity contribution in [2.24, 2.45) is 0 Å². The number of carboxylic acid groups (broad SMARTS) is 1. The Labute approximate surface area is 96.0 Å². The third-order valence-electron chi connectivity index (χ3n) is 2.72. The summed E-state index contributed by atoms with van der Waals surface area (Å²) in [6, 6.07) is 0. The normalized spacial score (nSPS) is 26.9. The fraction of sp³-hybridized carbons (Fsp3) is 0.909. The van der Waals surface area contributed by atoms with Crippen LogP contribution in [0.4, 0.5) is 0 Å². The number of aliphatic carboxylic acids is 1. The number of rotatable bonds is 6. The number of ether oxygens (including phenoxy) is 1. The Bertz CT molecular complexity index is 222. The van der Waals surface area contributed by atoms with Gasteiger partial charge in [0.15, 0.2) is 0 Å². The molecule has 1 saturated heterocycles. The summed E-state index contributed by atoms with van der Waals surface area (Å²) in [4.78, 5) is 12.6. The van der Waals surface area contributed by atoms with Gasteiger partial charge in [-0.25, -0.2) is 0 Å². The van der Waals surface area contributed by atoms with Crippen LogP contribution in [0.3, 0.4) is 0 Å². The van der Waals surface area contributed by atoms with E-state index in [2.05, 4.69) is 4.90 Å². The number of hydrogen-bond acceptors (Lipinski definition) is 4. The van der Waals surface area contributed by atoms with Crippen LogP contribution in [-0.2, 0) is 9.53 Å². The van der Waals surface area contributed by atoms with Crippen LogP contribution in [0.1, 0.15) is 26.2 Å². The Morgan fingerprint density at radius 3 is 2.81 bits per heavy atom. The fourth-order valence-corrected chi connectivity index (χ4v) is 2.04. The van der Waals surface area contributed by atoms with Crippen LogP contribution in [0.5, 0.6) is 0 Å². The van der Waals surface area contributed by atoms with Crippen LogP contribution in [0.2, 0.25) is 0 Å². The highest BCUT2D eigenvalue weighted by molar-refractivity contribution is 5.66. The van der Waals surface area contributed by atoms with E-state index >= 15 is 0 Å². The first-order valence-corrected chi connectivity index (χ1v) is 5.82. The Balaban J connectivity index is 2.18. The largest absolute Gasteiger partial charge is 0.481 e. The Morgan fingerprint density at radius 1 is 1.44 bits per heavy atom. The van der Waals surface area contributed by atoms with Crippen molar-refractivity contribution in [2.75, 3.05) is 26.2 Å². The van der Waals surface area contributed by atoms with Crippen molar-refractivity contribution in [3.05, 3.63) is 0 Å². The average molecular weight is 231 g/mol. The molecule has 0 aromatic rings. The summed E-state index contributed by atoms with van der Waals surface area (Å²) in [5, 5.41) is 17.5. The molecule has 94 valence electrons.